The van der Waals surface area contributed by atoms with E-state index in [0.717, 1.165) is 11.3 Å². The maximum atomic E-state index is 15.7. The quantitative estimate of drug-likeness (QED) is 0.381. The lowest BCUT2D eigenvalue weighted by Crippen LogP contribution is -2.28. The van der Waals surface area contributed by atoms with Crippen LogP contribution < -0.4 is 19.7 Å². The minimum absolute atomic E-state index is 0.00940. The number of methoxy groups -OCH3 is 1. The second-order valence-corrected chi connectivity index (χ2v) is 8.86. The molecule has 0 N–H and O–H groups in total. The molecule has 10 heteroatoms. The number of ether oxygens (including phenoxy) is 1. The highest BCUT2D eigenvalue weighted by molar-refractivity contribution is 6.10. The monoisotopic (exact) mass is 511 g/mol. The first-order valence-electron chi connectivity index (χ1n) is 11.7. The van der Waals surface area contributed by atoms with Gasteiger partial charge in [-0.1, -0.05) is 28.9 Å². The predicted molar refractivity (Wildman–Crippen MR) is 134 cm³/mol. The molecule has 0 spiro atoms. The fourth-order valence-electron chi connectivity index (χ4n) is 4.59. The minimum atomic E-state index is -4.34. The Labute approximate surface area is 209 Å². The summed E-state index contributed by atoms with van der Waals surface area (Å²) in [5.74, 6) is -2.29. The van der Waals surface area contributed by atoms with Gasteiger partial charge in [0.25, 0.3) is 6.21 Å². The first-order chi connectivity index (χ1) is 17.8. The van der Waals surface area contributed by atoms with Gasteiger partial charge in [-0.2, -0.15) is 18.3 Å². The van der Waals surface area contributed by atoms with Crippen molar-refractivity contribution in [2.24, 2.45) is 5.92 Å². The van der Waals surface area contributed by atoms with Gasteiger partial charge in [-0.15, -0.1) is 0 Å². The fraction of sp³-hybridized carbons (Fsp3) is 0.259. The van der Waals surface area contributed by atoms with Gasteiger partial charge in [-0.25, -0.2) is 9.07 Å². The molecule has 1 aromatic heterocycles. The molecule has 1 unspecified atom stereocenters. The molecule has 2 aliphatic rings. The minimum Gasteiger partial charge on any atom is -0.491 e. The Morgan fingerprint density at radius 2 is 1.84 bits per heavy atom. The van der Waals surface area contributed by atoms with Crippen LogP contribution in [-0.2, 0) is 0 Å². The Kier molecular flexibility index (Phi) is 6.43. The van der Waals surface area contributed by atoms with Crippen LogP contribution in [0.3, 0.4) is 0 Å². The first kappa shape index (κ1) is 24.5. The van der Waals surface area contributed by atoms with Gasteiger partial charge in [-0.3, -0.25) is 4.79 Å². The van der Waals surface area contributed by atoms with Crippen LogP contribution in [0, 0.1) is 11.7 Å². The number of anilines is 1. The van der Waals surface area contributed by atoms with E-state index in [1.165, 1.54) is 35.0 Å². The number of alkyl halides is 3. The van der Waals surface area contributed by atoms with Crippen LogP contribution in [0.4, 0.5) is 23.2 Å². The van der Waals surface area contributed by atoms with E-state index in [1.807, 2.05) is 30.3 Å². The van der Waals surface area contributed by atoms with Crippen molar-refractivity contribution in [2.75, 3.05) is 25.1 Å². The summed E-state index contributed by atoms with van der Waals surface area (Å²) in [6.07, 6.45) is 0.419. The SMILES string of the molecule is COc1cn(-c2cccc(N3CCC(C(F)(F)F)C3)c2F)nc(C2=CC=[N+]=C(c3ccccc3)C2)c1=O. The summed E-state index contributed by atoms with van der Waals surface area (Å²) in [6, 6.07) is 13.9. The van der Waals surface area contributed by atoms with Gasteiger partial charge >= 0.3 is 11.9 Å². The molecule has 1 saturated heterocycles. The molecule has 5 rings (SSSR count). The molecule has 0 bridgehead atoms. The zero-order valence-corrected chi connectivity index (χ0v) is 19.9. The molecular weight excluding hydrogens is 488 g/mol. The fourth-order valence-corrected chi connectivity index (χ4v) is 4.59. The van der Waals surface area contributed by atoms with Gasteiger partial charge in [-0.05, 0) is 30.7 Å². The summed E-state index contributed by atoms with van der Waals surface area (Å²) in [7, 11) is 1.33. The molecule has 2 aromatic carbocycles. The van der Waals surface area contributed by atoms with E-state index in [2.05, 4.69) is 9.77 Å². The molecule has 6 nitrogen and oxygen atoms in total. The lowest BCUT2D eigenvalue weighted by Gasteiger charge is -2.22. The summed E-state index contributed by atoms with van der Waals surface area (Å²) in [6.45, 7) is -0.235. The highest BCUT2D eigenvalue weighted by Gasteiger charge is 2.44. The van der Waals surface area contributed by atoms with Crippen LogP contribution in [0.5, 0.6) is 5.75 Å². The number of halogens is 4. The van der Waals surface area contributed by atoms with Gasteiger partial charge in [0.05, 0.1) is 36.9 Å². The van der Waals surface area contributed by atoms with Crippen molar-refractivity contribution < 1.29 is 22.3 Å². The van der Waals surface area contributed by atoms with E-state index in [-0.39, 0.29) is 42.3 Å². The molecule has 1 fully saturated rings. The summed E-state index contributed by atoms with van der Waals surface area (Å²) in [5.41, 5.74) is 1.87. The van der Waals surface area contributed by atoms with Crippen molar-refractivity contribution in [3.8, 4) is 11.4 Å². The molecule has 0 radical (unpaired) electrons. The molecular formula is C27H23F4N4O2+. The number of hydrogen-bond acceptors (Lipinski definition) is 4. The van der Waals surface area contributed by atoms with Crippen molar-refractivity contribution in [3.05, 3.63) is 88.1 Å². The molecule has 0 saturated carbocycles. The van der Waals surface area contributed by atoms with E-state index in [1.54, 1.807) is 18.4 Å². The topological polar surface area (TPSA) is 61.5 Å². The normalized spacial score (nSPS) is 17.5. The van der Waals surface area contributed by atoms with Crippen molar-refractivity contribution >= 4 is 23.2 Å². The maximum absolute atomic E-state index is 15.7. The number of hydrogen-bond donors (Lipinski definition) is 0. The van der Waals surface area contributed by atoms with Crippen LogP contribution in [0.1, 0.15) is 24.1 Å². The number of rotatable bonds is 5. The van der Waals surface area contributed by atoms with E-state index in [9.17, 15) is 18.0 Å². The third-order valence-electron chi connectivity index (χ3n) is 6.58. The summed E-state index contributed by atoms with van der Waals surface area (Å²) in [4.78, 5) is 14.5. The standard InChI is InChI=1S/C27H23F4N4O2/c1-37-23-16-35(22-9-5-8-21(24(22)28)34-13-11-19(15-34)27(29,30)31)33-25(26(23)36)18-10-12-32-20(14-18)17-6-3-2-4-7-17/h2-10,12,16,19H,11,13-15H2,1H3/q+1. The molecule has 0 aliphatic carbocycles. The van der Waals surface area contributed by atoms with Gasteiger partial charge < -0.3 is 9.64 Å². The number of nitrogens with zero attached hydrogens (tertiary/aromatic N) is 4. The second kappa shape index (κ2) is 9.71. The molecule has 3 aromatic rings. The van der Waals surface area contributed by atoms with Crippen LogP contribution in [0.15, 0.2) is 65.6 Å². The van der Waals surface area contributed by atoms with Crippen LogP contribution in [0.2, 0.25) is 0 Å². The lowest BCUT2D eigenvalue weighted by molar-refractivity contribution is -0.168. The Morgan fingerprint density at radius 3 is 2.54 bits per heavy atom. The highest BCUT2D eigenvalue weighted by Crippen LogP contribution is 2.37. The first-order valence-corrected chi connectivity index (χ1v) is 11.7. The zero-order valence-electron chi connectivity index (χ0n) is 19.9. The van der Waals surface area contributed by atoms with Gasteiger partial charge in [0.2, 0.25) is 5.43 Å². The van der Waals surface area contributed by atoms with Crippen LogP contribution >= 0.6 is 0 Å². The smallest absolute Gasteiger partial charge is 0.393 e. The van der Waals surface area contributed by atoms with Crippen LogP contribution in [0.25, 0.3) is 11.3 Å². The second-order valence-electron chi connectivity index (χ2n) is 8.86. The lowest BCUT2D eigenvalue weighted by atomic mass is 9.98. The van der Waals surface area contributed by atoms with Gasteiger partial charge in [0, 0.05) is 24.7 Å². The highest BCUT2D eigenvalue weighted by atomic mass is 19.4. The summed E-state index contributed by atoms with van der Waals surface area (Å²) < 4.78 is 66.1. The molecule has 190 valence electrons. The Balaban J connectivity index is 1.52. The van der Waals surface area contributed by atoms with Crippen molar-refractivity contribution in [1.29, 1.82) is 0 Å². The number of benzene rings is 2. The number of aromatic nitrogens is 2. The van der Waals surface area contributed by atoms with Crippen molar-refractivity contribution in [1.82, 2.24) is 14.4 Å². The maximum Gasteiger partial charge on any atom is 0.393 e. The molecule has 3 heterocycles. The average molecular weight is 511 g/mol. The summed E-state index contributed by atoms with van der Waals surface area (Å²) in [5, 5.41) is 4.43. The molecule has 1 atom stereocenters. The largest absolute Gasteiger partial charge is 0.491 e. The third kappa shape index (κ3) is 4.80. The third-order valence-corrected chi connectivity index (χ3v) is 6.58. The Morgan fingerprint density at radius 1 is 1.08 bits per heavy atom. The van der Waals surface area contributed by atoms with Crippen molar-refractivity contribution in [3.63, 3.8) is 0 Å². The molecule has 37 heavy (non-hydrogen) atoms. The predicted octanol–water partition coefficient (Wildman–Crippen LogP) is 4.18. The van der Waals surface area contributed by atoms with Crippen LogP contribution in [-0.4, -0.2) is 48.1 Å². The Bertz CT molecular complexity index is 1490. The average Bonchev–Trinajstić information content (AvgIpc) is 3.41. The van der Waals surface area contributed by atoms with E-state index >= 15 is 4.39 Å². The molecule has 2 aliphatic heterocycles. The van der Waals surface area contributed by atoms with E-state index in [4.69, 9.17) is 4.74 Å². The van der Waals surface area contributed by atoms with Gasteiger partial charge in [0.1, 0.15) is 11.4 Å². The Hall–Kier alpha value is -4.17. The molecule has 0 amide bonds. The van der Waals surface area contributed by atoms with E-state index < -0.39 is 23.3 Å². The van der Waals surface area contributed by atoms with Crippen molar-refractivity contribution in [2.45, 2.75) is 19.0 Å². The van der Waals surface area contributed by atoms with E-state index in [0.29, 0.717) is 12.0 Å². The summed E-state index contributed by atoms with van der Waals surface area (Å²) >= 11 is 0. The number of allylic oxidation sites excluding steroid dienone is 2. The van der Waals surface area contributed by atoms with Gasteiger partial charge in [0.15, 0.2) is 11.6 Å². The zero-order chi connectivity index (χ0) is 26.2.